The first-order chi connectivity index (χ1) is 14.7. The highest BCUT2D eigenvalue weighted by atomic mass is 16.5. The van der Waals surface area contributed by atoms with Crippen LogP contribution in [-0.2, 0) is 9.47 Å². The van der Waals surface area contributed by atoms with Crippen LogP contribution in [-0.4, -0.2) is 26.2 Å². The lowest BCUT2D eigenvalue weighted by molar-refractivity contribution is 0.0557. The second kappa shape index (κ2) is 8.21. The zero-order chi connectivity index (χ0) is 21.1. The van der Waals surface area contributed by atoms with Crippen LogP contribution < -0.4 is 0 Å². The van der Waals surface area contributed by atoms with Crippen LogP contribution >= 0.6 is 0 Å². The topological polar surface area (TPSA) is 52.6 Å². The molecular weight excluding hydrogens is 376 g/mol. The van der Waals surface area contributed by atoms with E-state index < -0.39 is 11.9 Å². The summed E-state index contributed by atoms with van der Waals surface area (Å²) < 4.78 is 10.3. The van der Waals surface area contributed by atoms with Gasteiger partial charge in [-0.15, -0.1) is 0 Å². The lowest BCUT2D eigenvalue weighted by Gasteiger charge is -2.20. The van der Waals surface area contributed by atoms with Crippen LogP contribution in [0, 0.1) is 0 Å². The predicted octanol–water partition coefficient (Wildman–Crippen LogP) is 5.75. The smallest absolute Gasteiger partial charge is 0.339 e. The maximum absolute atomic E-state index is 13.0. The molecule has 0 atom stereocenters. The van der Waals surface area contributed by atoms with Crippen molar-refractivity contribution in [2.24, 2.45) is 0 Å². The number of carbonyl (C=O) groups excluding carboxylic acids is 2. The molecule has 4 aromatic carbocycles. The van der Waals surface area contributed by atoms with Gasteiger partial charge in [0.05, 0.1) is 25.3 Å². The van der Waals surface area contributed by atoms with Crippen molar-refractivity contribution in [2.75, 3.05) is 14.2 Å². The van der Waals surface area contributed by atoms with Gasteiger partial charge in [-0.05, 0) is 21.9 Å². The van der Waals surface area contributed by atoms with Gasteiger partial charge in [-0.3, -0.25) is 0 Å². The normalized spacial score (nSPS) is 10.6. The maximum Gasteiger partial charge on any atom is 0.339 e. The molecular formula is C26H20O4. The van der Waals surface area contributed by atoms with Gasteiger partial charge in [0.1, 0.15) is 0 Å². The van der Waals surface area contributed by atoms with Crippen LogP contribution in [0.4, 0.5) is 0 Å². The van der Waals surface area contributed by atoms with Gasteiger partial charge in [0.15, 0.2) is 0 Å². The molecule has 4 rings (SSSR count). The molecule has 0 aliphatic rings. The molecule has 0 fully saturated rings. The number of carbonyl (C=O) groups is 2. The Morgan fingerprint density at radius 2 is 0.867 bits per heavy atom. The number of fused-ring (bicyclic) bond motifs is 1. The summed E-state index contributed by atoms with van der Waals surface area (Å²) in [6.45, 7) is 0. The molecule has 0 aromatic heterocycles. The van der Waals surface area contributed by atoms with E-state index in [1.165, 1.54) is 14.2 Å². The molecule has 0 heterocycles. The maximum atomic E-state index is 13.0. The van der Waals surface area contributed by atoms with E-state index >= 15 is 0 Å². The van der Waals surface area contributed by atoms with Gasteiger partial charge in [-0.1, -0.05) is 84.9 Å². The van der Waals surface area contributed by atoms with E-state index in [2.05, 4.69) is 0 Å². The standard InChI is InChI=1S/C26H20O4/c1-29-25(27)23-21(17-11-5-3-6-12-17)19-15-9-10-16-20(19)22(24(23)26(28)30-2)18-13-7-4-8-14-18/h3-16H,1-2H3. The van der Waals surface area contributed by atoms with Crippen molar-refractivity contribution in [2.45, 2.75) is 0 Å². The Labute approximate surface area is 174 Å². The summed E-state index contributed by atoms with van der Waals surface area (Å²) >= 11 is 0. The lowest BCUT2D eigenvalue weighted by Crippen LogP contribution is -2.16. The zero-order valence-corrected chi connectivity index (χ0v) is 16.7. The molecule has 0 saturated carbocycles. The average molecular weight is 396 g/mol. The fourth-order valence-electron chi connectivity index (χ4n) is 3.86. The van der Waals surface area contributed by atoms with E-state index in [4.69, 9.17) is 9.47 Å². The van der Waals surface area contributed by atoms with Gasteiger partial charge in [-0.2, -0.15) is 0 Å². The Bertz CT molecular complexity index is 1130. The largest absolute Gasteiger partial charge is 0.465 e. The van der Waals surface area contributed by atoms with E-state index in [1.54, 1.807) is 0 Å². The van der Waals surface area contributed by atoms with Gasteiger partial charge in [-0.25, -0.2) is 9.59 Å². The Balaban J connectivity index is 2.28. The molecule has 0 unspecified atom stereocenters. The van der Waals surface area contributed by atoms with Crippen LogP contribution in [0.2, 0.25) is 0 Å². The summed E-state index contributed by atoms with van der Waals surface area (Å²) in [7, 11) is 2.63. The minimum atomic E-state index is -0.586. The molecule has 0 saturated heterocycles. The molecule has 4 aromatic rings. The third-order valence-corrected chi connectivity index (χ3v) is 5.12. The van der Waals surface area contributed by atoms with Crippen LogP contribution in [0.3, 0.4) is 0 Å². The van der Waals surface area contributed by atoms with E-state index in [9.17, 15) is 9.59 Å². The van der Waals surface area contributed by atoms with Gasteiger partial charge in [0.2, 0.25) is 0 Å². The molecule has 0 spiro atoms. The number of methoxy groups -OCH3 is 2. The second-order valence-corrected chi connectivity index (χ2v) is 6.76. The van der Waals surface area contributed by atoms with Crippen LogP contribution in [0.1, 0.15) is 20.7 Å². The Morgan fingerprint density at radius 1 is 0.533 bits per heavy atom. The number of benzene rings is 4. The number of ether oxygens (including phenoxy) is 2. The Morgan fingerprint density at radius 3 is 1.20 bits per heavy atom. The molecule has 0 amide bonds. The summed E-state index contributed by atoms with van der Waals surface area (Å²) in [5.41, 5.74) is 3.34. The molecule has 0 radical (unpaired) electrons. The Hall–Kier alpha value is -3.92. The molecule has 0 aliphatic carbocycles. The Kier molecular flexibility index (Phi) is 5.31. The average Bonchev–Trinajstić information content (AvgIpc) is 2.82. The van der Waals surface area contributed by atoms with Crippen LogP contribution in [0.15, 0.2) is 84.9 Å². The third kappa shape index (κ3) is 3.22. The first-order valence-electron chi connectivity index (χ1n) is 9.53. The first-order valence-corrected chi connectivity index (χ1v) is 9.53. The van der Waals surface area contributed by atoms with Gasteiger partial charge < -0.3 is 9.47 Å². The summed E-state index contributed by atoms with van der Waals surface area (Å²) in [5.74, 6) is -1.17. The fraction of sp³-hybridized carbons (Fsp3) is 0.0769. The SMILES string of the molecule is COC(=O)c1c(C(=O)OC)c(-c2ccccc2)c2ccccc2c1-c1ccccc1. The summed E-state index contributed by atoms with van der Waals surface area (Å²) in [6, 6.07) is 26.8. The third-order valence-electron chi connectivity index (χ3n) is 5.12. The highest BCUT2D eigenvalue weighted by Gasteiger charge is 2.30. The first kappa shape index (κ1) is 19.4. The molecule has 4 heteroatoms. The van der Waals surface area contributed by atoms with Crippen molar-refractivity contribution in [1.82, 2.24) is 0 Å². The molecule has 148 valence electrons. The van der Waals surface area contributed by atoms with Gasteiger partial charge in [0.25, 0.3) is 0 Å². The van der Waals surface area contributed by atoms with Gasteiger partial charge in [0, 0.05) is 11.1 Å². The number of rotatable bonds is 4. The van der Waals surface area contributed by atoms with E-state index in [1.807, 2.05) is 84.9 Å². The fourth-order valence-corrected chi connectivity index (χ4v) is 3.86. The summed E-state index contributed by atoms with van der Waals surface area (Å²) in [5, 5.41) is 1.71. The van der Waals surface area contributed by atoms with Crippen molar-refractivity contribution in [1.29, 1.82) is 0 Å². The molecule has 30 heavy (non-hydrogen) atoms. The second-order valence-electron chi connectivity index (χ2n) is 6.76. The van der Waals surface area contributed by atoms with Gasteiger partial charge >= 0.3 is 11.9 Å². The van der Waals surface area contributed by atoms with E-state index in [0.717, 1.165) is 21.9 Å². The monoisotopic (exact) mass is 396 g/mol. The highest BCUT2D eigenvalue weighted by molar-refractivity contribution is 6.21. The molecule has 4 nitrogen and oxygen atoms in total. The van der Waals surface area contributed by atoms with E-state index in [-0.39, 0.29) is 11.1 Å². The number of esters is 2. The minimum absolute atomic E-state index is 0.202. The van der Waals surface area contributed by atoms with Crippen molar-refractivity contribution < 1.29 is 19.1 Å². The summed E-state index contributed by atoms with van der Waals surface area (Å²) in [4.78, 5) is 26.1. The highest BCUT2D eigenvalue weighted by Crippen LogP contribution is 2.42. The molecule has 0 aliphatic heterocycles. The van der Waals surface area contributed by atoms with Crippen molar-refractivity contribution in [3.63, 3.8) is 0 Å². The number of hydrogen-bond donors (Lipinski definition) is 0. The summed E-state index contributed by atoms with van der Waals surface area (Å²) in [6.07, 6.45) is 0. The van der Waals surface area contributed by atoms with Crippen LogP contribution in [0.5, 0.6) is 0 Å². The predicted molar refractivity (Wildman–Crippen MR) is 117 cm³/mol. The lowest BCUT2D eigenvalue weighted by atomic mass is 9.83. The van der Waals surface area contributed by atoms with Crippen molar-refractivity contribution in [3.8, 4) is 22.3 Å². The van der Waals surface area contributed by atoms with Crippen molar-refractivity contribution >= 4 is 22.7 Å². The minimum Gasteiger partial charge on any atom is -0.465 e. The number of hydrogen-bond acceptors (Lipinski definition) is 4. The quantitative estimate of drug-likeness (QED) is 0.412. The van der Waals surface area contributed by atoms with Crippen LogP contribution in [0.25, 0.3) is 33.0 Å². The van der Waals surface area contributed by atoms with E-state index in [0.29, 0.717) is 11.1 Å². The molecule has 0 bridgehead atoms. The zero-order valence-electron chi connectivity index (χ0n) is 16.7. The molecule has 0 N–H and O–H groups in total. The van der Waals surface area contributed by atoms with Crippen molar-refractivity contribution in [3.05, 3.63) is 96.1 Å².